The first-order valence-corrected chi connectivity index (χ1v) is 8.04. The van der Waals surface area contributed by atoms with Gasteiger partial charge in [-0.2, -0.15) is 0 Å². The summed E-state index contributed by atoms with van der Waals surface area (Å²) in [7, 11) is 3.59. The molecule has 0 amide bonds. The molecule has 0 aliphatic heterocycles. The van der Waals surface area contributed by atoms with Gasteiger partial charge in [-0.3, -0.25) is 0 Å². The number of nitrogens with one attached hydrogen (secondary N) is 1. The van der Waals surface area contributed by atoms with Crippen molar-refractivity contribution in [1.82, 2.24) is 5.32 Å². The summed E-state index contributed by atoms with van der Waals surface area (Å²) in [6.45, 7) is 0. The van der Waals surface area contributed by atoms with Gasteiger partial charge in [-0.15, -0.1) is 0 Å². The smallest absolute Gasteiger partial charge is 0.133 e. The Hall–Kier alpha value is -0.740. The van der Waals surface area contributed by atoms with Crippen LogP contribution in [0, 0.1) is 0 Å². The topological polar surface area (TPSA) is 21.3 Å². The molecule has 0 aliphatic rings. The van der Waals surface area contributed by atoms with Gasteiger partial charge in [-0.1, -0.05) is 35.3 Å². The molecule has 21 heavy (non-hydrogen) atoms. The minimum absolute atomic E-state index is 0.158. The summed E-state index contributed by atoms with van der Waals surface area (Å²) in [6.07, 6.45) is 0.783. The van der Waals surface area contributed by atoms with Gasteiger partial charge in [-0.25, -0.2) is 0 Å². The highest BCUT2D eigenvalue weighted by Crippen LogP contribution is 2.31. The minimum atomic E-state index is 0.158. The first kappa shape index (κ1) is 16.6. The van der Waals surface area contributed by atoms with Crippen LogP contribution in [0.1, 0.15) is 17.2 Å². The van der Waals surface area contributed by atoms with Gasteiger partial charge in [0.15, 0.2) is 0 Å². The van der Waals surface area contributed by atoms with Crippen LogP contribution in [0.4, 0.5) is 0 Å². The van der Waals surface area contributed by atoms with E-state index in [4.69, 9.17) is 27.9 Å². The minimum Gasteiger partial charge on any atom is -0.496 e. The second kappa shape index (κ2) is 7.50. The van der Waals surface area contributed by atoms with Crippen molar-refractivity contribution < 1.29 is 4.74 Å². The third-order valence-electron chi connectivity index (χ3n) is 3.37. The third-order valence-corrected chi connectivity index (χ3v) is 4.57. The summed E-state index contributed by atoms with van der Waals surface area (Å²) >= 11 is 15.7. The van der Waals surface area contributed by atoms with E-state index < -0.39 is 0 Å². The zero-order valence-corrected chi connectivity index (χ0v) is 14.9. The van der Waals surface area contributed by atoms with Gasteiger partial charge < -0.3 is 10.1 Å². The third kappa shape index (κ3) is 4.13. The molecular formula is C16H16BrCl2NO. The molecule has 2 rings (SSSR count). The normalized spacial score (nSPS) is 12.2. The molecule has 5 heteroatoms. The monoisotopic (exact) mass is 387 g/mol. The molecule has 0 saturated heterocycles. The van der Waals surface area contributed by atoms with Crippen molar-refractivity contribution in [2.24, 2.45) is 0 Å². The maximum atomic E-state index is 6.26. The first-order chi connectivity index (χ1) is 10.0. The van der Waals surface area contributed by atoms with E-state index >= 15 is 0 Å². The zero-order valence-electron chi connectivity index (χ0n) is 11.8. The SMILES string of the molecule is CNC(Cc1ccc(Cl)cc1Cl)c1ccc(OC)c(Br)c1. The van der Waals surface area contributed by atoms with Gasteiger partial charge >= 0.3 is 0 Å². The van der Waals surface area contributed by atoms with E-state index in [0.29, 0.717) is 10.0 Å². The number of halogens is 3. The Morgan fingerprint density at radius 1 is 1.19 bits per heavy atom. The van der Waals surface area contributed by atoms with Crippen molar-refractivity contribution in [1.29, 1.82) is 0 Å². The Morgan fingerprint density at radius 3 is 2.52 bits per heavy atom. The molecule has 2 nitrogen and oxygen atoms in total. The second-order valence-corrected chi connectivity index (χ2v) is 6.37. The van der Waals surface area contributed by atoms with Crippen LogP contribution in [-0.2, 0) is 6.42 Å². The van der Waals surface area contributed by atoms with Crippen molar-refractivity contribution in [2.45, 2.75) is 12.5 Å². The molecule has 0 saturated carbocycles. The van der Waals surface area contributed by atoms with Gasteiger partial charge in [0, 0.05) is 16.1 Å². The molecule has 0 aliphatic carbocycles. The van der Waals surface area contributed by atoms with Gasteiger partial charge in [0.25, 0.3) is 0 Å². The maximum absolute atomic E-state index is 6.26. The van der Waals surface area contributed by atoms with E-state index in [1.807, 2.05) is 25.2 Å². The molecule has 0 fully saturated rings. The summed E-state index contributed by atoms with van der Waals surface area (Å²) in [6, 6.07) is 11.8. The number of likely N-dealkylation sites (N-methyl/N-ethyl adjacent to an activating group) is 1. The van der Waals surface area contributed by atoms with Crippen molar-refractivity contribution in [3.8, 4) is 5.75 Å². The summed E-state index contributed by atoms with van der Waals surface area (Å²) in [4.78, 5) is 0. The lowest BCUT2D eigenvalue weighted by atomic mass is 9.99. The van der Waals surface area contributed by atoms with Gasteiger partial charge in [-0.05, 0) is 64.8 Å². The van der Waals surface area contributed by atoms with Crippen molar-refractivity contribution in [2.75, 3.05) is 14.2 Å². The predicted octanol–water partition coefficient (Wildman–Crippen LogP) is 5.27. The van der Waals surface area contributed by atoms with E-state index in [0.717, 1.165) is 27.8 Å². The molecule has 112 valence electrons. The fourth-order valence-electron chi connectivity index (χ4n) is 2.19. The zero-order chi connectivity index (χ0) is 15.4. The highest BCUT2D eigenvalue weighted by atomic mass is 79.9. The number of benzene rings is 2. The lowest BCUT2D eigenvalue weighted by Crippen LogP contribution is -2.19. The molecule has 2 aromatic rings. The maximum Gasteiger partial charge on any atom is 0.133 e. The van der Waals surface area contributed by atoms with Crippen LogP contribution in [0.2, 0.25) is 10.0 Å². The summed E-state index contributed by atoms with van der Waals surface area (Å²) in [5.74, 6) is 0.818. The average Bonchev–Trinajstić information content (AvgIpc) is 2.46. The lowest BCUT2D eigenvalue weighted by molar-refractivity contribution is 0.411. The van der Waals surface area contributed by atoms with Crippen LogP contribution in [-0.4, -0.2) is 14.2 Å². The van der Waals surface area contributed by atoms with E-state index in [-0.39, 0.29) is 6.04 Å². The molecular weight excluding hydrogens is 373 g/mol. The highest BCUT2D eigenvalue weighted by molar-refractivity contribution is 9.10. The summed E-state index contributed by atoms with van der Waals surface area (Å²) in [5, 5.41) is 4.66. The predicted molar refractivity (Wildman–Crippen MR) is 92.7 cm³/mol. The Kier molecular flexibility index (Phi) is 5.94. The average molecular weight is 389 g/mol. The van der Waals surface area contributed by atoms with E-state index in [1.165, 1.54) is 0 Å². The number of methoxy groups -OCH3 is 1. The Balaban J connectivity index is 2.25. The fraction of sp³-hybridized carbons (Fsp3) is 0.250. The molecule has 1 atom stereocenters. The number of hydrogen-bond donors (Lipinski definition) is 1. The quantitative estimate of drug-likeness (QED) is 0.753. The molecule has 2 aromatic carbocycles. The van der Waals surface area contributed by atoms with Crippen molar-refractivity contribution >= 4 is 39.1 Å². The van der Waals surface area contributed by atoms with Crippen LogP contribution < -0.4 is 10.1 Å². The van der Waals surface area contributed by atoms with Crippen molar-refractivity contribution in [3.63, 3.8) is 0 Å². The largest absolute Gasteiger partial charge is 0.496 e. The fourth-order valence-corrected chi connectivity index (χ4v) is 3.24. The molecule has 0 heterocycles. The molecule has 0 spiro atoms. The van der Waals surface area contributed by atoms with Crippen LogP contribution in [0.15, 0.2) is 40.9 Å². The van der Waals surface area contributed by atoms with E-state index in [2.05, 4.69) is 33.4 Å². The van der Waals surface area contributed by atoms with Gasteiger partial charge in [0.05, 0.1) is 11.6 Å². The Morgan fingerprint density at radius 2 is 1.95 bits per heavy atom. The summed E-state index contributed by atoms with van der Waals surface area (Å²) < 4.78 is 6.20. The lowest BCUT2D eigenvalue weighted by Gasteiger charge is -2.18. The highest BCUT2D eigenvalue weighted by Gasteiger charge is 2.14. The van der Waals surface area contributed by atoms with E-state index in [1.54, 1.807) is 13.2 Å². The van der Waals surface area contributed by atoms with Crippen LogP contribution in [0.3, 0.4) is 0 Å². The first-order valence-electron chi connectivity index (χ1n) is 6.49. The van der Waals surface area contributed by atoms with Crippen LogP contribution >= 0.6 is 39.1 Å². The number of ether oxygens (including phenoxy) is 1. The number of hydrogen-bond acceptors (Lipinski definition) is 2. The molecule has 1 unspecified atom stereocenters. The van der Waals surface area contributed by atoms with Crippen LogP contribution in [0.25, 0.3) is 0 Å². The standard InChI is InChI=1S/C16H16BrCl2NO/c1-20-15(8-10-3-5-12(18)9-14(10)19)11-4-6-16(21-2)13(17)7-11/h3-7,9,15,20H,8H2,1-2H3. The Labute approximate surface area is 143 Å². The molecule has 0 bridgehead atoms. The Bertz CT molecular complexity index is 634. The molecule has 0 aromatic heterocycles. The molecule has 0 radical (unpaired) electrons. The number of rotatable bonds is 5. The van der Waals surface area contributed by atoms with E-state index in [9.17, 15) is 0 Å². The van der Waals surface area contributed by atoms with Crippen LogP contribution in [0.5, 0.6) is 5.75 Å². The summed E-state index contributed by atoms with van der Waals surface area (Å²) in [5.41, 5.74) is 2.23. The second-order valence-electron chi connectivity index (χ2n) is 4.68. The van der Waals surface area contributed by atoms with Crippen molar-refractivity contribution in [3.05, 3.63) is 62.0 Å². The van der Waals surface area contributed by atoms with Gasteiger partial charge in [0.1, 0.15) is 5.75 Å². The van der Waals surface area contributed by atoms with Gasteiger partial charge in [0.2, 0.25) is 0 Å². The molecule has 1 N–H and O–H groups in total.